The van der Waals surface area contributed by atoms with Crippen LogP contribution in [-0.2, 0) is 62.3 Å². The van der Waals surface area contributed by atoms with Crippen molar-refractivity contribution in [3.63, 3.8) is 0 Å². The summed E-state index contributed by atoms with van der Waals surface area (Å²) in [6, 6.07) is -9.40. The molecule has 0 aromatic rings. The Kier molecular flexibility index (Phi) is 29.5. The van der Waals surface area contributed by atoms with E-state index in [-0.39, 0.29) is 81.4 Å². The normalized spacial score (nSPS) is 33.4. The fourth-order valence-electron chi connectivity index (χ4n) is 18.3. The van der Waals surface area contributed by atoms with E-state index in [1.807, 2.05) is 58.5 Å². The number of ether oxygens (including phenoxy) is 1. The van der Waals surface area contributed by atoms with Crippen molar-refractivity contribution in [2.45, 2.75) is 267 Å². The van der Waals surface area contributed by atoms with Crippen LogP contribution in [0.5, 0.6) is 0 Å². The van der Waals surface area contributed by atoms with Crippen LogP contribution in [0.3, 0.4) is 0 Å². The van der Waals surface area contributed by atoms with E-state index in [0.29, 0.717) is 62.0 Å². The fourth-order valence-corrected chi connectivity index (χ4v) is 20.5. The summed E-state index contributed by atoms with van der Waals surface area (Å²) < 4.78 is 6.21. The van der Waals surface area contributed by atoms with E-state index in [1.165, 1.54) is 88.5 Å². The lowest BCUT2D eigenvalue weighted by molar-refractivity contribution is -0.161. The number of nitrogens with zero attached hydrogens (tertiary/aromatic N) is 9. The molecule has 3 N–H and O–H groups in total. The van der Waals surface area contributed by atoms with Gasteiger partial charge in [0, 0.05) is 93.1 Å². The van der Waals surface area contributed by atoms with E-state index < -0.39 is 162 Å². The third-order valence-electron chi connectivity index (χ3n) is 24.5. The van der Waals surface area contributed by atoms with Crippen LogP contribution in [0.25, 0.3) is 0 Å². The SMILES string of the molecule is CCC[C@H]1C(=O)N[C@@H]([C@@H](C)CC)C(=O)N(C)CC(=O)N(C)[C@H]2C/C=C\CCN(C2=O)[C@@H](CC2CCC(C)CC2)C(=O)N(C)CC(=O)N[C@@H](CCC2CC(Cl)C3SCCC3C2)C(=O)N2C[C@H](OCC)C[C@H]2C(=O)NC2(CC(C)(C)C2)C(=O)N(C)[C@@H](C2CCCC2)C(=O)N(C)[C@H](C(=O)N(C)C)CC(=O)N1C. The summed E-state index contributed by atoms with van der Waals surface area (Å²) in [5.41, 5.74) is -2.02. The average molecular weight is 1490 g/mol. The van der Waals surface area contributed by atoms with Crippen LogP contribution < -0.4 is 16.0 Å². The molecule has 25 nitrogen and oxygen atoms in total. The van der Waals surface area contributed by atoms with Gasteiger partial charge >= 0.3 is 0 Å². The van der Waals surface area contributed by atoms with Gasteiger partial charge in [-0.05, 0) is 137 Å². The van der Waals surface area contributed by atoms with E-state index in [9.17, 15) is 24.0 Å². The van der Waals surface area contributed by atoms with E-state index >= 15 is 33.6 Å². The Balaban J connectivity index is 1.20. The number of thioether (sulfide) groups is 1. The zero-order valence-corrected chi connectivity index (χ0v) is 66.7. The summed E-state index contributed by atoms with van der Waals surface area (Å²) in [6.07, 6.45) is 14.5. The number of hydrogen-bond acceptors (Lipinski definition) is 14. The Bertz CT molecular complexity index is 3120. The van der Waals surface area contributed by atoms with E-state index in [4.69, 9.17) is 16.3 Å². The van der Waals surface area contributed by atoms with Crippen LogP contribution in [0.4, 0.5) is 0 Å². The summed E-state index contributed by atoms with van der Waals surface area (Å²) in [7, 11) is 11.9. The van der Waals surface area contributed by atoms with Gasteiger partial charge in [-0.15, -0.1) is 11.6 Å². The molecule has 27 heteroatoms. The predicted octanol–water partition coefficient (Wildman–Crippen LogP) is 6.07. The predicted molar refractivity (Wildman–Crippen MR) is 400 cm³/mol. The molecule has 4 unspecified atom stereocenters. The summed E-state index contributed by atoms with van der Waals surface area (Å²) in [5.74, 6) is -5.62. The first kappa shape index (κ1) is 83.6. The lowest BCUT2D eigenvalue weighted by Crippen LogP contribution is -2.71. The van der Waals surface area contributed by atoms with Crippen molar-refractivity contribution in [3.8, 4) is 0 Å². The molecule has 4 heterocycles. The molecule has 4 aliphatic carbocycles. The Hall–Kier alpha value is -6.02. The molecule has 0 aromatic carbocycles. The molecule has 0 radical (unpaired) electrons. The first-order chi connectivity index (χ1) is 49.2. The number of alkyl halides is 1. The highest BCUT2D eigenvalue weighted by Gasteiger charge is 2.59. The zero-order chi connectivity index (χ0) is 76.4. The molecular weight excluding hydrogens is 1370 g/mol. The molecular formula is C77H125ClN12O13S. The van der Waals surface area contributed by atoms with Crippen LogP contribution >= 0.6 is 23.4 Å². The van der Waals surface area contributed by atoms with Gasteiger partial charge in [-0.3, -0.25) is 57.5 Å². The Labute approximate surface area is 628 Å². The zero-order valence-electron chi connectivity index (χ0n) is 65.1. The standard InChI is InChI=1S/C77H125ClN12O13S/c1-16-24-56-67(94)80-64(48(5)17-2)73(100)84(11)44-63(93)86(13)57-27-20-19-23-35-89(72(57)99)60(39-49-30-28-47(4)29-31-49)71(98)83(10)43-61(91)79-55(33-32-50-37-52-34-36-104-66(52)54(78)38-50)69(96)90-42-53(103-18-3)40-58(90)68(95)81-77(45-76(6,7)46-77)75(102)88(15)65(51-25-21-22-26-51)74(101)87(14)59(70(97)82(8)9)41-62(92)85(56)12/h19-20,47-60,64-66H,16-18,21-46H2,1-15H3,(H,79,91)(H,80,94)(H,81,95)/b20-19-/t47?,48-,49?,50?,52?,53+,54?,55-,56-,57-,58-,59-,60-,64-,65-,66?/m0/s1. The number of fused-ring (bicyclic) bond motifs is 4. The first-order valence-corrected chi connectivity index (χ1v) is 40.5. The third-order valence-corrected chi connectivity index (χ3v) is 26.7. The van der Waals surface area contributed by atoms with E-state index in [0.717, 1.165) is 63.5 Å². The molecule has 104 heavy (non-hydrogen) atoms. The lowest BCUT2D eigenvalue weighted by atomic mass is 9.58. The van der Waals surface area contributed by atoms with Crippen molar-refractivity contribution in [2.75, 3.05) is 94.9 Å². The molecule has 3 saturated heterocycles. The fraction of sp³-hybridized carbons (Fsp3) is 0.818. The average Bonchev–Trinajstić information content (AvgIpc) is 1.00. The Morgan fingerprint density at radius 2 is 1.36 bits per heavy atom. The van der Waals surface area contributed by atoms with Gasteiger partial charge in [0.05, 0.1) is 25.6 Å². The summed E-state index contributed by atoms with van der Waals surface area (Å²) in [5, 5.41) is 9.45. The molecule has 7 fully saturated rings. The summed E-state index contributed by atoms with van der Waals surface area (Å²) >= 11 is 9.02. The smallest absolute Gasteiger partial charge is 0.248 e. The van der Waals surface area contributed by atoms with Crippen molar-refractivity contribution < 1.29 is 62.3 Å². The maximum absolute atomic E-state index is 15.8. The van der Waals surface area contributed by atoms with Crippen molar-refractivity contribution in [1.29, 1.82) is 0 Å². The highest BCUT2D eigenvalue weighted by atomic mass is 35.5. The maximum atomic E-state index is 15.8. The Morgan fingerprint density at radius 3 is 1.99 bits per heavy atom. The summed E-state index contributed by atoms with van der Waals surface area (Å²) in [4.78, 5) is 195. The van der Waals surface area contributed by atoms with Crippen molar-refractivity contribution in [1.82, 2.24) is 60.0 Å². The minimum Gasteiger partial charge on any atom is -0.377 e. The second-order valence-corrected chi connectivity index (χ2v) is 35.0. The van der Waals surface area contributed by atoms with Gasteiger partial charge in [0.25, 0.3) is 0 Å². The van der Waals surface area contributed by atoms with Crippen molar-refractivity contribution in [2.24, 2.45) is 40.9 Å². The third kappa shape index (κ3) is 19.8. The van der Waals surface area contributed by atoms with Crippen LogP contribution in [-0.4, -0.2) is 281 Å². The second kappa shape index (κ2) is 36.7. The van der Waals surface area contributed by atoms with Gasteiger partial charge in [0.2, 0.25) is 70.9 Å². The number of carbonyl (C=O) groups excluding carboxylic acids is 12. The molecule has 4 saturated carbocycles. The minimum atomic E-state index is -1.56. The lowest BCUT2D eigenvalue weighted by Gasteiger charge is -2.54. The highest BCUT2D eigenvalue weighted by Crippen LogP contribution is 2.50. The van der Waals surface area contributed by atoms with Crippen molar-refractivity contribution in [3.05, 3.63) is 12.2 Å². The number of rotatable bonds is 13. The Morgan fingerprint density at radius 1 is 0.683 bits per heavy atom. The molecule has 14 atom stereocenters. The number of hydrogen-bond donors (Lipinski definition) is 3. The summed E-state index contributed by atoms with van der Waals surface area (Å²) in [6.45, 7) is 12.9. The second-order valence-electron chi connectivity index (χ2n) is 33.1. The quantitative estimate of drug-likeness (QED) is 0.139. The van der Waals surface area contributed by atoms with Crippen LogP contribution in [0, 0.1) is 40.9 Å². The minimum absolute atomic E-state index is 0.00577. The van der Waals surface area contributed by atoms with E-state index in [1.54, 1.807) is 18.9 Å². The number of amides is 12. The van der Waals surface area contributed by atoms with Gasteiger partial charge < -0.3 is 64.8 Å². The van der Waals surface area contributed by atoms with Gasteiger partial charge in [-0.1, -0.05) is 105 Å². The molecule has 8 aliphatic rings. The molecule has 8 rings (SSSR count). The van der Waals surface area contributed by atoms with Crippen LogP contribution in [0.2, 0.25) is 0 Å². The van der Waals surface area contributed by atoms with E-state index in [2.05, 4.69) is 22.9 Å². The topological polar surface area (TPSA) is 279 Å². The van der Waals surface area contributed by atoms with Crippen LogP contribution in [0.15, 0.2) is 12.2 Å². The molecule has 4 aliphatic heterocycles. The van der Waals surface area contributed by atoms with Crippen molar-refractivity contribution >= 4 is 94.2 Å². The number of likely N-dealkylation sites (N-methyl/N-ethyl adjacent to an activating group) is 7. The van der Waals surface area contributed by atoms with Gasteiger partial charge in [-0.25, -0.2) is 0 Å². The molecule has 1 spiro atoms. The number of carbonyl (C=O) groups is 12. The van der Waals surface area contributed by atoms with Gasteiger partial charge in [0.1, 0.15) is 53.9 Å². The van der Waals surface area contributed by atoms with Gasteiger partial charge in [0.15, 0.2) is 0 Å². The number of nitrogens with one attached hydrogen (secondary N) is 3. The monoisotopic (exact) mass is 1490 g/mol. The molecule has 2 bridgehead atoms. The molecule has 0 aromatic heterocycles. The highest BCUT2D eigenvalue weighted by molar-refractivity contribution is 8.00. The van der Waals surface area contributed by atoms with Crippen LogP contribution in [0.1, 0.15) is 196 Å². The maximum Gasteiger partial charge on any atom is 0.248 e. The van der Waals surface area contributed by atoms with Gasteiger partial charge in [-0.2, -0.15) is 11.8 Å². The largest absolute Gasteiger partial charge is 0.377 e. The number of halogens is 1. The first-order valence-electron chi connectivity index (χ1n) is 39.0. The molecule has 12 amide bonds. The molecule has 584 valence electrons.